The average Bonchev–Trinajstić information content (AvgIpc) is 2.87. The molecule has 40 heavy (non-hydrogen) atoms. The average molecular weight is 562 g/mol. The van der Waals surface area contributed by atoms with Gasteiger partial charge in [-0.1, -0.05) is 76.3 Å². The van der Waals surface area contributed by atoms with E-state index in [1.807, 2.05) is 45.0 Å². The molecule has 1 aromatic carbocycles. The van der Waals surface area contributed by atoms with E-state index < -0.39 is 29.7 Å². The fourth-order valence-electron chi connectivity index (χ4n) is 4.30. The molecule has 3 unspecified atom stereocenters. The summed E-state index contributed by atoms with van der Waals surface area (Å²) in [6.45, 7) is 15.6. The van der Waals surface area contributed by atoms with Crippen molar-refractivity contribution in [3.8, 4) is 0 Å². The summed E-state index contributed by atoms with van der Waals surface area (Å²) in [5, 5.41) is 5.62. The standard InChI is InChI=1S/C31H51N3O6/c1-9-12-13-14-20-34(29(37)26(23(5)10-2)33-30(38)40-31(6,7)8)27(24-17-15-16-22(4)21-24)28(36)32-19-18-25(35)39-11-3/h15-17,21,23,26-27H,9-14,18-20H2,1-8H3,(H,32,36)(H,33,38). The Kier molecular flexibility index (Phi) is 15.3. The summed E-state index contributed by atoms with van der Waals surface area (Å²) < 4.78 is 10.4. The Morgan fingerprint density at radius 2 is 1.73 bits per heavy atom. The second-order valence-electron chi connectivity index (χ2n) is 11.3. The molecule has 3 amide bonds. The van der Waals surface area contributed by atoms with Crippen molar-refractivity contribution in [2.75, 3.05) is 19.7 Å². The number of carbonyl (C=O) groups excluding carboxylic acids is 4. The van der Waals surface area contributed by atoms with Crippen LogP contribution in [-0.2, 0) is 23.9 Å². The number of unbranched alkanes of at least 4 members (excludes halogenated alkanes) is 3. The molecule has 0 heterocycles. The SMILES string of the molecule is CCCCCCN(C(=O)C(NC(=O)OC(C)(C)C)C(C)CC)C(C(=O)NCCC(=O)OCC)c1cccc(C)c1. The van der Waals surface area contributed by atoms with Gasteiger partial charge in [-0.05, 0) is 52.5 Å². The van der Waals surface area contributed by atoms with Crippen molar-refractivity contribution in [1.82, 2.24) is 15.5 Å². The molecule has 226 valence electrons. The van der Waals surface area contributed by atoms with E-state index in [0.717, 1.165) is 24.8 Å². The molecular weight excluding hydrogens is 510 g/mol. The Morgan fingerprint density at radius 3 is 2.30 bits per heavy atom. The van der Waals surface area contributed by atoms with Crippen LogP contribution in [0.15, 0.2) is 24.3 Å². The third-order valence-electron chi connectivity index (χ3n) is 6.54. The van der Waals surface area contributed by atoms with Gasteiger partial charge in [0.05, 0.1) is 13.0 Å². The summed E-state index contributed by atoms with van der Waals surface area (Å²) in [6, 6.07) is 5.68. The molecule has 1 rings (SSSR count). The quantitative estimate of drug-likeness (QED) is 0.205. The first-order valence-corrected chi connectivity index (χ1v) is 14.6. The number of nitrogens with one attached hydrogen (secondary N) is 2. The Morgan fingerprint density at radius 1 is 1.02 bits per heavy atom. The van der Waals surface area contributed by atoms with Crippen LogP contribution in [0.1, 0.15) is 104 Å². The molecule has 1 aromatic rings. The molecule has 2 N–H and O–H groups in total. The van der Waals surface area contributed by atoms with Crippen molar-refractivity contribution in [2.24, 2.45) is 5.92 Å². The first kappa shape index (κ1) is 34.9. The maximum Gasteiger partial charge on any atom is 0.408 e. The van der Waals surface area contributed by atoms with Gasteiger partial charge in [0.1, 0.15) is 17.7 Å². The minimum Gasteiger partial charge on any atom is -0.466 e. The van der Waals surface area contributed by atoms with E-state index in [1.54, 1.807) is 32.6 Å². The third-order valence-corrected chi connectivity index (χ3v) is 6.54. The predicted molar refractivity (Wildman–Crippen MR) is 157 cm³/mol. The summed E-state index contributed by atoms with van der Waals surface area (Å²) in [5.74, 6) is -1.34. The van der Waals surface area contributed by atoms with Gasteiger partial charge in [0.2, 0.25) is 11.8 Å². The molecule has 0 bridgehead atoms. The largest absolute Gasteiger partial charge is 0.466 e. The molecule has 0 aromatic heterocycles. The number of nitrogens with zero attached hydrogens (tertiary/aromatic N) is 1. The lowest BCUT2D eigenvalue weighted by atomic mass is 9.95. The second-order valence-corrected chi connectivity index (χ2v) is 11.3. The normalized spacial score (nSPS) is 13.5. The maximum atomic E-state index is 14.3. The summed E-state index contributed by atoms with van der Waals surface area (Å²) in [7, 11) is 0. The number of ether oxygens (including phenoxy) is 2. The summed E-state index contributed by atoms with van der Waals surface area (Å²) >= 11 is 0. The molecule has 0 aliphatic rings. The summed E-state index contributed by atoms with van der Waals surface area (Å²) in [6.07, 6.45) is 3.63. The van der Waals surface area contributed by atoms with Crippen LogP contribution < -0.4 is 10.6 Å². The number of aryl methyl sites for hydroxylation is 1. The third kappa shape index (κ3) is 12.4. The van der Waals surface area contributed by atoms with Crippen LogP contribution in [0.5, 0.6) is 0 Å². The van der Waals surface area contributed by atoms with Gasteiger partial charge in [-0.2, -0.15) is 0 Å². The van der Waals surface area contributed by atoms with Gasteiger partial charge in [-0.3, -0.25) is 14.4 Å². The van der Waals surface area contributed by atoms with Crippen LogP contribution in [0.2, 0.25) is 0 Å². The Bertz CT molecular complexity index is 959. The van der Waals surface area contributed by atoms with Gasteiger partial charge in [-0.25, -0.2) is 4.79 Å². The molecule has 0 saturated heterocycles. The molecule has 9 heteroatoms. The van der Waals surface area contributed by atoms with Gasteiger partial charge in [0.25, 0.3) is 0 Å². The van der Waals surface area contributed by atoms with Gasteiger partial charge in [0.15, 0.2) is 0 Å². The highest BCUT2D eigenvalue weighted by Gasteiger charge is 2.38. The van der Waals surface area contributed by atoms with Crippen LogP contribution in [0, 0.1) is 12.8 Å². The van der Waals surface area contributed by atoms with E-state index in [0.29, 0.717) is 24.9 Å². The fraction of sp³-hybridized carbons (Fsp3) is 0.677. The predicted octanol–water partition coefficient (Wildman–Crippen LogP) is 5.45. The number of carbonyl (C=O) groups is 4. The highest BCUT2D eigenvalue weighted by molar-refractivity contribution is 5.92. The molecular formula is C31H51N3O6. The van der Waals surface area contributed by atoms with Crippen LogP contribution in [0.25, 0.3) is 0 Å². The van der Waals surface area contributed by atoms with Gasteiger partial charge >= 0.3 is 12.1 Å². The first-order valence-electron chi connectivity index (χ1n) is 14.6. The van der Waals surface area contributed by atoms with Crippen molar-refractivity contribution in [2.45, 2.75) is 112 Å². The molecule has 0 fully saturated rings. The summed E-state index contributed by atoms with van der Waals surface area (Å²) in [4.78, 5) is 54.2. The minimum atomic E-state index is -0.941. The lowest BCUT2D eigenvalue weighted by molar-refractivity contribution is -0.145. The van der Waals surface area contributed by atoms with Crippen molar-refractivity contribution in [3.63, 3.8) is 0 Å². The number of amides is 3. The molecule has 9 nitrogen and oxygen atoms in total. The van der Waals surface area contributed by atoms with Crippen molar-refractivity contribution in [1.29, 1.82) is 0 Å². The monoisotopic (exact) mass is 561 g/mol. The zero-order valence-electron chi connectivity index (χ0n) is 25.8. The highest BCUT2D eigenvalue weighted by atomic mass is 16.6. The Balaban J connectivity index is 3.45. The lowest BCUT2D eigenvalue weighted by Crippen LogP contribution is -2.55. The fourth-order valence-corrected chi connectivity index (χ4v) is 4.30. The number of alkyl carbamates (subject to hydrolysis) is 1. The van der Waals surface area contributed by atoms with Crippen LogP contribution >= 0.6 is 0 Å². The second kappa shape index (κ2) is 17.6. The summed E-state index contributed by atoms with van der Waals surface area (Å²) in [5.41, 5.74) is 0.888. The maximum absolute atomic E-state index is 14.3. The van der Waals surface area contributed by atoms with Crippen molar-refractivity contribution in [3.05, 3.63) is 35.4 Å². The van der Waals surface area contributed by atoms with E-state index >= 15 is 0 Å². The molecule has 0 aliphatic heterocycles. The molecule has 0 spiro atoms. The van der Waals surface area contributed by atoms with Crippen molar-refractivity contribution < 1.29 is 28.7 Å². The van der Waals surface area contributed by atoms with E-state index in [1.165, 1.54) is 0 Å². The van der Waals surface area contributed by atoms with Gasteiger partial charge in [-0.15, -0.1) is 0 Å². The Hall–Kier alpha value is -3.10. The first-order chi connectivity index (χ1) is 18.8. The van der Waals surface area contributed by atoms with E-state index in [4.69, 9.17) is 9.47 Å². The van der Waals surface area contributed by atoms with E-state index in [-0.39, 0.29) is 37.3 Å². The molecule has 3 atom stereocenters. The van der Waals surface area contributed by atoms with Gasteiger partial charge in [0, 0.05) is 13.1 Å². The highest BCUT2D eigenvalue weighted by Crippen LogP contribution is 2.26. The molecule has 0 aliphatic carbocycles. The van der Waals surface area contributed by atoms with Crippen molar-refractivity contribution >= 4 is 23.9 Å². The minimum absolute atomic E-state index is 0.0280. The zero-order valence-corrected chi connectivity index (χ0v) is 25.8. The Labute approximate surface area is 240 Å². The zero-order chi connectivity index (χ0) is 30.3. The molecule has 0 saturated carbocycles. The number of esters is 1. The number of benzene rings is 1. The lowest BCUT2D eigenvalue weighted by Gasteiger charge is -2.36. The number of rotatable bonds is 16. The van der Waals surface area contributed by atoms with E-state index in [9.17, 15) is 19.2 Å². The van der Waals surface area contributed by atoms with Gasteiger partial charge < -0.3 is 25.0 Å². The topological polar surface area (TPSA) is 114 Å². The number of hydrogen-bond acceptors (Lipinski definition) is 6. The molecule has 0 radical (unpaired) electrons. The smallest absolute Gasteiger partial charge is 0.408 e. The van der Waals surface area contributed by atoms with E-state index in [2.05, 4.69) is 17.6 Å². The van der Waals surface area contributed by atoms with Crippen LogP contribution in [-0.4, -0.2) is 60.1 Å². The van der Waals surface area contributed by atoms with Crippen LogP contribution in [0.4, 0.5) is 4.79 Å². The van der Waals surface area contributed by atoms with Crippen LogP contribution in [0.3, 0.4) is 0 Å². The number of hydrogen-bond donors (Lipinski definition) is 2.